The minimum absolute atomic E-state index is 0.0562. The van der Waals surface area contributed by atoms with E-state index in [1.807, 2.05) is 60.7 Å². The van der Waals surface area contributed by atoms with Crippen LogP contribution in [0.5, 0.6) is 0 Å². The largest absolute Gasteiger partial charge is 0.389 e. The number of nitrogens with one attached hydrogen (secondary N) is 2. The van der Waals surface area contributed by atoms with Crippen molar-refractivity contribution >= 4 is 24.0 Å². The zero-order chi connectivity index (χ0) is 18.6. The monoisotopic (exact) mass is 350 g/mol. The van der Waals surface area contributed by atoms with Gasteiger partial charge in [-0.05, 0) is 23.3 Å². The van der Waals surface area contributed by atoms with Crippen LogP contribution < -0.4 is 10.6 Å². The molecule has 0 aliphatic rings. The van der Waals surface area contributed by atoms with Gasteiger partial charge in [0.2, 0.25) is 11.8 Å². The summed E-state index contributed by atoms with van der Waals surface area (Å²) in [6.07, 6.45) is 5.33. The van der Waals surface area contributed by atoms with Gasteiger partial charge in [-0.3, -0.25) is 9.59 Å². The molecular formula is C21H22N2O3. The summed E-state index contributed by atoms with van der Waals surface area (Å²) in [7, 11) is 0. The van der Waals surface area contributed by atoms with Crippen LogP contribution in [0.2, 0.25) is 0 Å². The molecule has 134 valence electrons. The molecule has 26 heavy (non-hydrogen) atoms. The van der Waals surface area contributed by atoms with Crippen LogP contribution in [0.15, 0.2) is 72.8 Å². The van der Waals surface area contributed by atoms with E-state index in [9.17, 15) is 14.7 Å². The van der Waals surface area contributed by atoms with Gasteiger partial charge in [0.1, 0.15) is 0 Å². The second kappa shape index (κ2) is 10.6. The van der Waals surface area contributed by atoms with Crippen LogP contribution in [0.4, 0.5) is 0 Å². The summed E-state index contributed by atoms with van der Waals surface area (Å²) in [6.45, 7) is 0.112. The average molecular weight is 350 g/mol. The molecule has 0 aliphatic carbocycles. The molecule has 3 N–H and O–H groups in total. The fourth-order valence-electron chi connectivity index (χ4n) is 2.10. The lowest BCUT2D eigenvalue weighted by Gasteiger charge is -2.11. The SMILES string of the molecule is O=C(/C=C\c1ccccc1)NCC(O)CNC(=O)/C=C/c1ccccc1. The number of hydrogen-bond donors (Lipinski definition) is 3. The van der Waals surface area contributed by atoms with Gasteiger partial charge in [0.25, 0.3) is 0 Å². The molecule has 0 saturated heterocycles. The number of aliphatic hydroxyl groups is 1. The first kappa shape index (κ1) is 19.1. The third kappa shape index (κ3) is 7.59. The van der Waals surface area contributed by atoms with E-state index in [4.69, 9.17) is 0 Å². The van der Waals surface area contributed by atoms with Gasteiger partial charge in [-0.2, -0.15) is 0 Å². The number of amides is 2. The molecule has 2 aromatic carbocycles. The first-order valence-electron chi connectivity index (χ1n) is 8.33. The maximum Gasteiger partial charge on any atom is 0.244 e. The van der Waals surface area contributed by atoms with Gasteiger partial charge in [-0.25, -0.2) is 0 Å². The Morgan fingerprint density at radius 1 is 0.769 bits per heavy atom. The normalized spacial score (nSPS) is 12.2. The third-order valence-electron chi connectivity index (χ3n) is 3.48. The van der Waals surface area contributed by atoms with Gasteiger partial charge in [0, 0.05) is 25.2 Å². The minimum Gasteiger partial charge on any atom is -0.389 e. The highest BCUT2D eigenvalue weighted by molar-refractivity contribution is 5.92. The summed E-state index contributed by atoms with van der Waals surface area (Å²) in [6, 6.07) is 18.9. The van der Waals surface area contributed by atoms with Crippen molar-refractivity contribution in [2.75, 3.05) is 13.1 Å². The van der Waals surface area contributed by atoms with Gasteiger partial charge < -0.3 is 15.7 Å². The van der Waals surface area contributed by atoms with Crippen molar-refractivity contribution in [2.24, 2.45) is 0 Å². The van der Waals surface area contributed by atoms with Crippen molar-refractivity contribution in [1.82, 2.24) is 10.6 Å². The standard InChI is InChI=1S/C21H22N2O3/c24-19(15-22-20(25)13-11-17-7-3-1-4-8-17)16-23-21(26)14-12-18-9-5-2-6-10-18/h1-14,19,24H,15-16H2,(H,22,25)(H,23,26)/b13-11-,14-12+. The predicted octanol–water partition coefficient (Wildman–Crippen LogP) is 2.01. The van der Waals surface area contributed by atoms with Crippen LogP contribution in [0.3, 0.4) is 0 Å². The number of hydrogen-bond acceptors (Lipinski definition) is 3. The Bertz CT molecular complexity index is 690. The number of carbonyl (C=O) groups excluding carboxylic acids is 2. The Kier molecular flexibility index (Phi) is 7.83. The minimum atomic E-state index is -0.863. The fraction of sp³-hybridized carbons (Fsp3) is 0.143. The second-order valence-corrected chi connectivity index (χ2v) is 5.63. The van der Waals surface area contributed by atoms with Crippen LogP contribution in [0.25, 0.3) is 12.2 Å². The number of carbonyl (C=O) groups is 2. The first-order chi connectivity index (χ1) is 12.6. The van der Waals surface area contributed by atoms with E-state index in [0.29, 0.717) is 0 Å². The maximum absolute atomic E-state index is 11.7. The van der Waals surface area contributed by atoms with E-state index >= 15 is 0 Å². The molecule has 0 aliphatic heterocycles. The Morgan fingerprint density at radius 2 is 1.15 bits per heavy atom. The van der Waals surface area contributed by atoms with Crippen molar-refractivity contribution in [3.63, 3.8) is 0 Å². The molecule has 0 fully saturated rings. The molecular weight excluding hydrogens is 328 g/mol. The van der Waals surface area contributed by atoms with E-state index in [-0.39, 0.29) is 24.9 Å². The highest BCUT2D eigenvalue weighted by atomic mass is 16.3. The van der Waals surface area contributed by atoms with Gasteiger partial charge in [-0.1, -0.05) is 60.7 Å². The molecule has 0 saturated carbocycles. The molecule has 1 unspecified atom stereocenters. The zero-order valence-corrected chi connectivity index (χ0v) is 14.3. The fourth-order valence-corrected chi connectivity index (χ4v) is 2.10. The zero-order valence-electron chi connectivity index (χ0n) is 14.3. The smallest absolute Gasteiger partial charge is 0.244 e. The van der Waals surface area contributed by atoms with Crippen LogP contribution in [0.1, 0.15) is 11.1 Å². The third-order valence-corrected chi connectivity index (χ3v) is 3.48. The Labute approximate surface area is 153 Å². The molecule has 0 spiro atoms. The van der Waals surface area contributed by atoms with Crippen molar-refractivity contribution in [1.29, 1.82) is 0 Å². The molecule has 5 nitrogen and oxygen atoms in total. The van der Waals surface area contributed by atoms with E-state index in [1.54, 1.807) is 12.2 Å². The number of aliphatic hydroxyl groups excluding tert-OH is 1. The summed E-state index contributed by atoms with van der Waals surface area (Å²) in [4.78, 5) is 23.4. The lowest BCUT2D eigenvalue weighted by molar-refractivity contribution is -0.116. The summed E-state index contributed by atoms with van der Waals surface area (Å²) >= 11 is 0. The van der Waals surface area contributed by atoms with Gasteiger partial charge in [0.05, 0.1) is 6.10 Å². The maximum atomic E-state index is 11.7. The highest BCUT2D eigenvalue weighted by Gasteiger charge is 2.06. The van der Waals surface area contributed by atoms with Gasteiger partial charge in [-0.15, -0.1) is 0 Å². The van der Waals surface area contributed by atoms with E-state index in [1.165, 1.54) is 12.2 Å². The first-order valence-corrected chi connectivity index (χ1v) is 8.33. The molecule has 1 atom stereocenters. The van der Waals surface area contributed by atoms with Crippen LogP contribution in [0, 0.1) is 0 Å². The molecule has 0 bridgehead atoms. The lowest BCUT2D eigenvalue weighted by atomic mass is 10.2. The molecule has 2 amide bonds. The molecule has 0 heterocycles. The molecule has 0 aromatic heterocycles. The summed E-state index contributed by atoms with van der Waals surface area (Å²) < 4.78 is 0. The van der Waals surface area contributed by atoms with Crippen molar-refractivity contribution in [2.45, 2.75) is 6.10 Å². The van der Waals surface area contributed by atoms with Gasteiger partial charge >= 0.3 is 0 Å². The average Bonchev–Trinajstić information content (AvgIpc) is 2.69. The topological polar surface area (TPSA) is 78.4 Å². The van der Waals surface area contributed by atoms with Crippen LogP contribution in [-0.4, -0.2) is 36.1 Å². The van der Waals surface area contributed by atoms with E-state index < -0.39 is 6.10 Å². The van der Waals surface area contributed by atoms with Gasteiger partial charge in [0.15, 0.2) is 0 Å². The van der Waals surface area contributed by atoms with E-state index in [0.717, 1.165) is 11.1 Å². The predicted molar refractivity (Wildman–Crippen MR) is 103 cm³/mol. The van der Waals surface area contributed by atoms with E-state index in [2.05, 4.69) is 10.6 Å². The van der Waals surface area contributed by atoms with Crippen molar-refractivity contribution in [3.8, 4) is 0 Å². The Hall–Kier alpha value is -3.18. The van der Waals surface area contributed by atoms with Crippen molar-refractivity contribution in [3.05, 3.63) is 83.9 Å². The summed E-state index contributed by atoms with van der Waals surface area (Å²) in [5.74, 6) is -0.605. The second-order valence-electron chi connectivity index (χ2n) is 5.63. The summed E-state index contributed by atoms with van der Waals surface area (Å²) in [5.41, 5.74) is 1.83. The highest BCUT2D eigenvalue weighted by Crippen LogP contribution is 2.01. The molecule has 0 radical (unpaired) electrons. The van der Waals surface area contributed by atoms with Crippen LogP contribution >= 0.6 is 0 Å². The number of rotatable bonds is 8. The van der Waals surface area contributed by atoms with Crippen molar-refractivity contribution < 1.29 is 14.7 Å². The Morgan fingerprint density at radius 3 is 1.54 bits per heavy atom. The molecule has 2 rings (SSSR count). The number of benzene rings is 2. The quantitative estimate of drug-likeness (QED) is 0.637. The summed E-state index contributed by atoms with van der Waals surface area (Å²) in [5, 5.41) is 15.0. The lowest BCUT2D eigenvalue weighted by Crippen LogP contribution is -2.39. The van der Waals surface area contributed by atoms with Crippen LogP contribution in [-0.2, 0) is 9.59 Å². The molecule has 5 heteroatoms. The molecule has 2 aromatic rings. The Balaban J connectivity index is 1.66.